The molecule has 0 aliphatic carbocycles. The molecule has 5 nitrogen and oxygen atoms in total. The monoisotopic (exact) mass is 387 g/mol. The zero-order chi connectivity index (χ0) is 20.9. The van der Waals surface area contributed by atoms with Crippen molar-refractivity contribution in [2.24, 2.45) is 0 Å². The molecule has 2 N–H and O–H groups in total. The topological polar surface area (TPSA) is 89.1 Å². The molecule has 8 heteroatoms. The first-order chi connectivity index (χ1) is 13.1. The van der Waals surface area contributed by atoms with Crippen LogP contribution in [-0.2, 0) is 6.18 Å². The van der Waals surface area contributed by atoms with Gasteiger partial charge in [0.2, 0.25) is 0 Å². The number of nitrogens with one attached hydrogen (secondary N) is 1. The first kappa shape index (κ1) is 20.8. The number of alkyl halides is 3. The average Bonchev–Trinajstić information content (AvgIpc) is 2.66. The highest BCUT2D eigenvalue weighted by molar-refractivity contribution is 5.56. The summed E-state index contributed by atoms with van der Waals surface area (Å²) < 4.78 is 44.6. The molecule has 0 heterocycles. The number of benzene rings is 2. The summed E-state index contributed by atoms with van der Waals surface area (Å²) in [5.41, 5.74) is -2.71. The molecule has 2 aromatic carbocycles. The molecule has 0 spiro atoms. The zero-order valence-corrected chi connectivity index (χ0v) is 14.8. The number of rotatable bonds is 6. The van der Waals surface area contributed by atoms with Crippen LogP contribution in [0, 0.1) is 22.7 Å². The van der Waals surface area contributed by atoms with E-state index in [1.54, 1.807) is 24.3 Å². The summed E-state index contributed by atoms with van der Waals surface area (Å²) >= 11 is 0. The third-order valence-corrected chi connectivity index (χ3v) is 3.89. The van der Waals surface area contributed by atoms with E-state index in [0.717, 1.165) is 12.1 Å². The molecule has 0 amide bonds. The van der Waals surface area contributed by atoms with Gasteiger partial charge in [-0.3, -0.25) is 0 Å². The summed E-state index contributed by atoms with van der Waals surface area (Å²) in [6.07, 6.45) is -4.69. The highest BCUT2D eigenvalue weighted by Gasteiger charge is 2.34. The van der Waals surface area contributed by atoms with E-state index in [0.29, 0.717) is 11.3 Å². The van der Waals surface area contributed by atoms with E-state index in [4.69, 9.17) is 15.3 Å². The number of anilines is 1. The van der Waals surface area contributed by atoms with E-state index < -0.39 is 22.9 Å². The molecular weight excluding hydrogens is 371 g/mol. The molecule has 2 aromatic rings. The van der Waals surface area contributed by atoms with Crippen LogP contribution < -0.4 is 10.1 Å². The Kier molecular flexibility index (Phi) is 5.97. The Morgan fingerprint density at radius 1 is 1.14 bits per heavy atom. The summed E-state index contributed by atoms with van der Waals surface area (Å²) in [7, 11) is 0. The fourth-order valence-electron chi connectivity index (χ4n) is 2.20. The minimum Gasteiger partial charge on any atom is -0.490 e. The second kappa shape index (κ2) is 8.03. The second-order valence-corrected chi connectivity index (χ2v) is 6.17. The molecule has 0 saturated carbocycles. The first-order valence-corrected chi connectivity index (χ1v) is 8.00. The molecule has 0 saturated heterocycles. The molecule has 0 aliphatic heterocycles. The van der Waals surface area contributed by atoms with Gasteiger partial charge in [0.25, 0.3) is 0 Å². The normalized spacial score (nSPS) is 13.0. The zero-order valence-electron chi connectivity index (χ0n) is 14.8. The van der Waals surface area contributed by atoms with Crippen LogP contribution in [0.4, 0.5) is 18.9 Å². The van der Waals surface area contributed by atoms with E-state index in [1.165, 1.54) is 19.1 Å². The lowest BCUT2D eigenvalue weighted by Gasteiger charge is -2.27. The van der Waals surface area contributed by atoms with Crippen molar-refractivity contribution in [2.45, 2.75) is 18.7 Å². The lowest BCUT2D eigenvalue weighted by molar-refractivity contribution is -0.137. The van der Waals surface area contributed by atoms with Gasteiger partial charge in [0, 0.05) is 11.4 Å². The number of hydrogen-bond acceptors (Lipinski definition) is 5. The fraction of sp³-hybridized carbons (Fsp3) is 0.200. The van der Waals surface area contributed by atoms with Crippen LogP contribution in [0.25, 0.3) is 0 Å². The Balaban J connectivity index is 2.10. The highest BCUT2D eigenvalue weighted by Crippen LogP contribution is 2.34. The van der Waals surface area contributed by atoms with Crippen LogP contribution in [0.3, 0.4) is 0 Å². The van der Waals surface area contributed by atoms with Crippen molar-refractivity contribution in [3.8, 4) is 17.9 Å². The molecular formula is C20H16F3N3O2. The summed E-state index contributed by atoms with van der Waals surface area (Å²) in [6.45, 7) is 4.83. The van der Waals surface area contributed by atoms with Gasteiger partial charge < -0.3 is 15.2 Å². The lowest BCUT2D eigenvalue weighted by Crippen LogP contribution is -2.37. The Morgan fingerprint density at radius 2 is 1.79 bits per heavy atom. The van der Waals surface area contributed by atoms with Crippen molar-refractivity contribution in [3.63, 3.8) is 0 Å². The van der Waals surface area contributed by atoms with Gasteiger partial charge in [0.15, 0.2) is 0 Å². The predicted molar refractivity (Wildman–Crippen MR) is 96.2 cm³/mol. The van der Waals surface area contributed by atoms with E-state index in [9.17, 15) is 18.3 Å². The standard InChI is InChI=1S/C20H16F3N3O2/c1-13(19(2,27)12-28-17-7-3-14(10-24)4-8-17)26-16-6-5-15(11-25)18(9-16)20(21,22)23/h3-9,26-27H,1,12H2,2H3/t19-/m0/s1. The van der Waals surface area contributed by atoms with E-state index in [2.05, 4.69) is 11.9 Å². The Bertz CT molecular complexity index is 953. The highest BCUT2D eigenvalue weighted by atomic mass is 19.4. The van der Waals surface area contributed by atoms with Gasteiger partial charge >= 0.3 is 6.18 Å². The van der Waals surface area contributed by atoms with Crippen LogP contribution in [0.15, 0.2) is 54.7 Å². The molecule has 144 valence electrons. The van der Waals surface area contributed by atoms with Crippen molar-refractivity contribution in [1.82, 2.24) is 0 Å². The maximum atomic E-state index is 13.1. The van der Waals surface area contributed by atoms with Crippen molar-refractivity contribution in [2.75, 3.05) is 11.9 Å². The molecule has 0 fully saturated rings. The third kappa shape index (κ3) is 5.03. The van der Waals surface area contributed by atoms with E-state index in [-0.39, 0.29) is 18.0 Å². The van der Waals surface area contributed by atoms with Gasteiger partial charge in [-0.25, -0.2) is 0 Å². The van der Waals surface area contributed by atoms with Crippen molar-refractivity contribution < 1.29 is 23.0 Å². The van der Waals surface area contributed by atoms with Gasteiger partial charge in [0.1, 0.15) is 18.0 Å². The summed E-state index contributed by atoms with van der Waals surface area (Å²) in [6, 6.07) is 12.8. The predicted octanol–water partition coefficient (Wildman–Crippen LogP) is 4.20. The largest absolute Gasteiger partial charge is 0.490 e. The molecule has 28 heavy (non-hydrogen) atoms. The Morgan fingerprint density at radius 3 is 2.32 bits per heavy atom. The van der Waals surface area contributed by atoms with Gasteiger partial charge in [0.05, 0.1) is 28.8 Å². The molecule has 2 rings (SSSR count). The summed E-state index contributed by atoms with van der Waals surface area (Å²) in [5.74, 6) is 0.407. The van der Waals surface area contributed by atoms with E-state index >= 15 is 0 Å². The van der Waals surface area contributed by atoms with Crippen LogP contribution in [-0.4, -0.2) is 17.3 Å². The van der Waals surface area contributed by atoms with E-state index in [1.807, 2.05) is 6.07 Å². The molecule has 0 bridgehead atoms. The molecule has 0 aromatic heterocycles. The number of aliphatic hydroxyl groups is 1. The van der Waals surface area contributed by atoms with Crippen LogP contribution >= 0.6 is 0 Å². The summed E-state index contributed by atoms with van der Waals surface area (Å²) in [5, 5.41) is 30.7. The fourth-order valence-corrected chi connectivity index (χ4v) is 2.20. The molecule has 1 atom stereocenters. The quantitative estimate of drug-likeness (QED) is 0.775. The molecule has 0 aliphatic rings. The molecule has 0 radical (unpaired) electrons. The smallest absolute Gasteiger partial charge is 0.417 e. The van der Waals surface area contributed by atoms with Gasteiger partial charge in [-0.2, -0.15) is 23.7 Å². The number of hydrogen-bond donors (Lipinski definition) is 2. The second-order valence-electron chi connectivity index (χ2n) is 6.17. The number of nitrogens with zero attached hydrogens (tertiary/aromatic N) is 2. The Labute approximate surface area is 159 Å². The van der Waals surface area contributed by atoms with Crippen molar-refractivity contribution >= 4 is 5.69 Å². The number of nitriles is 2. The van der Waals surface area contributed by atoms with Crippen molar-refractivity contribution in [3.05, 3.63) is 71.4 Å². The van der Waals surface area contributed by atoms with Crippen LogP contribution in [0.1, 0.15) is 23.6 Å². The van der Waals surface area contributed by atoms with Crippen molar-refractivity contribution in [1.29, 1.82) is 10.5 Å². The minimum atomic E-state index is -4.69. The minimum absolute atomic E-state index is 0.0129. The maximum Gasteiger partial charge on any atom is 0.417 e. The SMILES string of the molecule is C=C(Nc1ccc(C#N)c(C(F)(F)F)c1)[C@@](C)(O)COc1ccc(C#N)cc1. The number of halogens is 3. The molecule has 0 unspecified atom stereocenters. The maximum absolute atomic E-state index is 13.1. The number of ether oxygens (including phenoxy) is 1. The lowest BCUT2D eigenvalue weighted by atomic mass is 10.0. The van der Waals surface area contributed by atoms with Crippen LogP contribution in [0.2, 0.25) is 0 Å². The van der Waals surface area contributed by atoms with Crippen LogP contribution in [0.5, 0.6) is 5.75 Å². The van der Waals surface area contributed by atoms with Gasteiger partial charge in [-0.15, -0.1) is 0 Å². The third-order valence-electron chi connectivity index (χ3n) is 3.89. The Hall–Kier alpha value is -3.49. The van der Waals surface area contributed by atoms with Gasteiger partial charge in [-0.1, -0.05) is 6.58 Å². The van der Waals surface area contributed by atoms with Gasteiger partial charge in [-0.05, 0) is 49.4 Å². The first-order valence-electron chi connectivity index (χ1n) is 8.00. The summed E-state index contributed by atoms with van der Waals surface area (Å²) in [4.78, 5) is 0. The average molecular weight is 387 g/mol.